The first-order valence-corrected chi connectivity index (χ1v) is 5.30. The van der Waals surface area contributed by atoms with Crippen molar-refractivity contribution in [3.63, 3.8) is 0 Å². The van der Waals surface area contributed by atoms with E-state index < -0.39 is 17.7 Å². The third-order valence-electron chi connectivity index (χ3n) is 1.66. The van der Waals surface area contributed by atoms with E-state index in [0.29, 0.717) is 0 Å². The molecule has 0 aromatic rings. The lowest BCUT2D eigenvalue weighted by Gasteiger charge is -2.19. The van der Waals surface area contributed by atoms with Gasteiger partial charge in [-0.3, -0.25) is 9.59 Å². The molecule has 1 N–H and O–H groups in total. The number of carbonyl (C=O) groups excluding carboxylic acids is 3. The summed E-state index contributed by atoms with van der Waals surface area (Å²) in [5.74, 6) is -0.697. The third kappa shape index (κ3) is 9.35. The number of ketones is 1. The maximum Gasteiger partial charge on any atom is 0.408 e. The van der Waals surface area contributed by atoms with Crippen LogP contribution in [0.1, 0.15) is 33.6 Å². The molecule has 0 bridgehead atoms. The Morgan fingerprint density at radius 1 is 1.12 bits per heavy atom. The summed E-state index contributed by atoms with van der Waals surface area (Å²) >= 11 is 0. The van der Waals surface area contributed by atoms with Crippen LogP contribution in [0.2, 0.25) is 0 Å². The molecule has 0 rings (SSSR count). The van der Waals surface area contributed by atoms with Gasteiger partial charge in [-0.1, -0.05) is 0 Å². The van der Waals surface area contributed by atoms with Crippen molar-refractivity contribution in [3.8, 4) is 0 Å². The minimum absolute atomic E-state index is 0.0192. The van der Waals surface area contributed by atoms with Crippen LogP contribution in [0.4, 0.5) is 4.79 Å². The third-order valence-corrected chi connectivity index (χ3v) is 1.66. The number of nitrogens with one attached hydrogen (secondary N) is 1. The van der Waals surface area contributed by atoms with E-state index in [9.17, 15) is 14.4 Å². The van der Waals surface area contributed by atoms with Crippen LogP contribution in [0, 0.1) is 0 Å². The van der Waals surface area contributed by atoms with Crippen LogP contribution in [-0.2, 0) is 19.1 Å². The van der Waals surface area contributed by atoms with Crippen LogP contribution in [0.25, 0.3) is 0 Å². The lowest BCUT2D eigenvalue weighted by atomic mass is 10.2. The second-order valence-corrected chi connectivity index (χ2v) is 4.47. The largest absolute Gasteiger partial charge is 0.469 e. The molecule has 98 valence electrons. The van der Waals surface area contributed by atoms with Gasteiger partial charge in [0.15, 0.2) is 5.78 Å². The van der Waals surface area contributed by atoms with Gasteiger partial charge < -0.3 is 14.8 Å². The van der Waals surface area contributed by atoms with Gasteiger partial charge in [-0.25, -0.2) is 4.79 Å². The van der Waals surface area contributed by atoms with Crippen LogP contribution in [0.3, 0.4) is 0 Å². The Bertz CT molecular complexity index is 293. The van der Waals surface area contributed by atoms with Crippen LogP contribution < -0.4 is 5.32 Å². The lowest BCUT2D eigenvalue weighted by Crippen LogP contribution is -2.35. The predicted octanol–water partition coefficient (Wildman–Crippen LogP) is 1.03. The zero-order valence-electron chi connectivity index (χ0n) is 10.7. The topological polar surface area (TPSA) is 81.7 Å². The number of carbonyl (C=O) groups is 3. The van der Waals surface area contributed by atoms with Crippen molar-refractivity contribution < 1.29 is 23.9 Å². The van der Waals surface area contributed by atoms with Gasteiger partial charge in [0, 0.05) is 6.42 Å². The maximum atomic E-state index is 11.3. The van der Waals surface area contributed by atoms with E-state index in [1.165, 1.54) is 7.11 Å². The molecule has 0 spiro atoms. The van der Waals surface area contributed by atoms with Gasteiger partial charge in [-0.05, 0) is 20.8 Å². The van der Waals surface area contributed by atoms with Crippen LogP contribution in [0.15, 0.2) is 0 Å². The smallest absolute Gasteiger partial charge is 0.408 e. The molecule has 0 unspecified atom stereocenters. The minimum Gasteiger partial charge on any atom is -0.469 e. The molecule has 0 atom stereocenters. The van der Waals surface area contributed by atoms with E-state index in [-0.39, 0.29) is 25.2 Å². The van der Waals surface area contributed by atoms with E-state index in [0.717, 1.165) is 0 Å². The second kappa shape index (κ2) is 6.88. The van der Waals surface area contributed by atoms with E-state index >= 15 is 0 Å². The summed E-state index contributed by atoms with van der Waals surface area (Å²) in [7, 11) is 1.26. The molecule has 6 heteroatoms. The molecule has 0 aromatic carbocycles. The van der Waals surface area contributed by atoms with Crippen molar-refractivity contribution in [3.05, 3.63) is 0 Å². The normalized spacial score (nSPS) is 10.6. The summed E-state index contributed by atoms with van der Waals surface area (Å²) in [4.78, 5) is 33.2. The van der Waals surface area contributed by atoms with Crippen LogP contribution >= 0.6 is 0 Å². The molecule has 0 saturated heterocycles. The number of hydrogen-bond acceptors (Lipinski definition) is 5. The summed E-state index contributed by atoms with van der Waals surface area (Å²) in [5.41, 5.74) is -0.598. The summed E-state index contributed by atoms with van der Waals surface area (Å²) in [6, 6.07) is 0. The zero-order valence-corrected chi connectivity index (χ0v) is 10.7. The summed E-state index contributed by atoms with van der Waals surface area (Å²) in [6.07, 6.45) is -0.586. The van der Waals surface area contributed by atoms with Crippen molar-refractivity contribution in [1.29, 1.82) is 0 Å². The Hall–Kier alpha value is -1.59. The fourth-order valence-corrected chi connectivity index (χ4v) is 0.917. The Morgan fingerprint density at radius 2 is 1.71 bits per heavy atom. The zero-order chi connectivity index (χ0) is 13.5. The van der Waals surface area contributed by atoms with Crippen molar-refractivity contribution in [2.75, 3.05) is 13.7 Å². The van der Waals surface area contributed by atoms with Crippen LogP contribution in [0.5, 0.6) is 0 Å². The Kier molecular flexibility index (Phi) is 6.23. The van der Waals surface area contributed by atoms with Gasteiger partial charge in [0.25, 0.3) is 0 Å². The maximum absolute atomic E-state index is 11.3. The van der Waals surface area contributed by atoms with Gasteiger partial charge in [-0.2, -0.15) is 0 Å². The van der Waals surface area contributed by atoms with Gasteiger partial charge in [0.2, 0.25) is 0 Å². The highest BCUT2D eigenvalue weighted by Gasteiger charge is 2.16. The number of alkyl carbamates (subject to hydrolysis) is 1. The number of rotatable bonds is 5. The number of esters is 1. The van der Waals surface area contributed by atoms with E-state index in [2.05, 4.69) is 10.1 Å². The van der Waals surface area contributed by atoms with Crippen LogP contribution in [-0.4, -0.2) is 37.1 Å². The first kappa shape index (κ1) is 15.4. The SMILES string of the molecule is COC(=O)CCC(=O)CNC(=O)OC(C)(C)C. The fourth-order valence-electron chi connectivity index (χ4n) is 0.917. The Morgan fingerprint density at radius 3 is 2.18 bits per heavy atom. The average Bonchev–Trinajstić information content (AvgIpc) is 2.20. The molecular formula is C11H19NO5. The quantitative estimate of drug-likeness (QED) is 0.732. The number of amides is 1. The molecule has 0 aliphatic heterocycles. The second-order valence-electron chi connectivity index (χ2n) is 4.47. The van der Waals surface area contributed by atoms with E-state index in [4.69, 9.17) is 4.74 Å². The van der Waals surface area contributed by atoms with Gasteiger partial charge >= 0.3 is 12.1 Å². The molecule has 0 aliphatic carbocycles. The number of hydrogen-bond donors (Lipinski definition) is 1. The monoisotopic (exact) mass is 245 g/mol. The van der Waals surface area contributed by atoms with E-state index in [1.54, 1.807) is 20.8 Å². The number of methoxy groups -OCH3 is 1. The molecule has 0 heterocycles. The molecule has 6 nitrogen and oxygen atoms in total. The average molecular weight is 245 g/mol. The predicted molar refractivity (Wildman–Crippen MR) is 60.5 cm³/mol. The fraction of sp³-hybridized carbons (Fsp3) is 0.727. The molecule has 0 fully saturated rings. The molecule has 0 aliphatic rings. The van der Waals surface area contributed by atoms with E-state index in [1.807, 2.05) is 0 Å². The van der Waals surface area contributed by atoms with Crippen molar-refractivity contribution in [2.45, 2.75) is 39.2 Å². The standard InChI is InChI=1S/C11H19NO5/c1-11(2,3)17-10(15)12-7-8(13)5-6-9(14)16-4/h5-7H2,1-4H3,(H,12,15). The van der Waals surface area contributed by atoms with Gasteiger partial charge in [0.05, 0.1) is 20.1 Å². The highest BCUT2D eigenvalue weighted by atomic mass is 16.6. The first-order valence-electron chi connectivity index (χ1n) is 5.30. The van der Waals surface area contributed by atoms with Gasteiger partial charge in [0.1, 0.15) is 5.60 Å². The van der Waals surface area contributed by atoms with Crippen molar-refractivity contribution in [1.82, 2.24) is 5.32 Å². The Balaban J connectivity index is 3.77. The summed E-state index contributed by atoms with van der Waals surface area (Å²) in [6.45, 7) is 5.04. The number of ether oxygens (including phenoxy) is 2. The lowest BCUT2D eigenvalue weighted by molar-refractivity contribution is -0.141. The summed E-state index contributed by atoms with van der Waals surface area (Å²) in [5, 5.41) is 2.32. The van der Waals surface area contributed by atoms with Crippen molar-refractivity contribution in [2.24, 2.45) is 0 Å². The molecule has 17 heavy (non-hydrogen) atoms. The summed E-state index contributed by atoms with van der Waals surface area (Å²) < 4.78 is 9.33. The van der Waals surface area contributed by atoms with Crippen molar-refractivity contribution >= 4 is 17.8 Å². The highest BCUT2D eigenvalue weighted by Crippen LogP contribution is 2.06. The molecular weight excluding hydrogens is 226 g/mol. The molecule has 0 saturated carbocycles. The number of Topliss-reactive ketones (excluding diaryl/α,β-unsaturated/α-hetero) is 1. The van der Waals surface area contributed by atoms with Gasteiger partial charge in [-0.15, -0.1) is 0 Å². The molecule has 1 amide bonds. The molecule has 0 radical (unpaired) electrons. The first-order chi connectivity index (χ1) is 7.74. The minimum atomic E-state index is -0.649. The highest BCUT2D eigenvalue weighted by molar-refractivity contribution is 5.86. The molecule has 0 aromatic heterocycles. The Labute approximate surface area is 101 Å².